The fraction of sp³-hybridized carbons (Fsp3) is 0.391. The Morgan fingerprint density at radius 3 is 2.58 bits per heavy atom. The molecule has 0 bridgehead atoms. The first-order chi connectivity index (χ1) is 15.0. The summed E-state index contributed by atoms with van der Waals surface area (Å²) >= 11 is 1.49. The number of piperidine rings is 1. The molecule has 4 rings (SSSR count). The number of hydrogen-bond donors (Lipinski definition) is 0. The lowest BCUT2D eigenvalue weighted by molar-refractivity contribution is -0.151. The number of aromatic nitrogens is 2. The summed E-state index contributed by atoms with van der Waals surface area (Å²) < 4.78 is 6.46. The molecule has 7 nitrogen and oxygen atoms in total. The van der Waals surface area contributed by atoms with Crippen LogP contribution in [0.3, 0.4) is 0 Å². The normalized spacial score (nSPS) is 14.7. The molecule has 0 saturated carbocycles. The van der Waals surface area contributed by atoms with Crippen LogP contribution < -0.4 is 5.56 Å². The van der Waals surface area contributed by atoms with Gasteiger partial charge < -0.3 is 9.64 Å². The van der Waals surface area contributed by atoms with E-state index in [1.807, 2.05) is 37.3 Å². The average molecular weight is 440 g/mol. The van der Waals surface area contributed by atoms with Crippen molar-refractivity contribution < 1.29 is 14.3 Å². The van der Waals surface area contributed by atoms with E-state index in [0.29, 0.717) is 42.8 Å². The summed E-state index contributed by atoms with van der Waals surface area (Å²) in [7, 11) is 0. The minimum Gasteiger partial charge on any atom is -0.466 e. The zero-order valence-electron chi connectivity index (χ0n) is 17.7. The number of thiophene rings is 1. The molecule has 1 amide bonds. The number of nitrogens with zero attached hydrogens (tertiary/aromatic N) is 3. The maximum absolute atomic E-state index is 13.1. The van der Waals surface area contributed by atoms with Gasteiger partial charge >= 0.3 is 5.97 Å². The Balaban J connectivity index is 1.51. The lowest BCUT2D eigenvalue weighted by Gasteiger charge is -2.31. The zero-order chi connectivity index (χ0) is 22.0. The van der Waals surface area contributed by atoms with Gasteiger partial charge in [0.2, 0.25) is 5.91 Å². The van der Waals surface area contributed by atoms with Gasteiger partial charge in [-0.3, -0.25) is 19.0 Å². The van der Waals surface area contributed by atoms with Crippen molar-refractivity contribution in [1.82, 2.24) is 14.5 Å². The maximum atomic E-state index is 13.1. The van der Waals surface area contributed by atoms with Gasteiger partial charge in [0, 0.05) is 18.0 Å². The van der Waals surface area contributed by atoms with E-state index in [1.54, 1.807) is 11.8 Å². The number of benzene rings is 1. The quantitative estimate of drug-likeness (QED) is 0.570. The number of rotatable bonds is 5. The summed E-state index contributed by atoms with van der Waals surface area (Å²) in [6.45, 7) is 5.00. The smallest absolute Gasteiger partial charge is 0.309 e. The summed E-state index contributed by atoms with van der Waals surface area (Å²) in [4.78, 5) is 45.7. The fourth-order valence-electron chi connectivity index (χ4n) is 4.01. The molecule has 3 heterocycles. The van der Waals surface area contributed by atoms with Crippen LogP contribution in [-0.2, 0) is 20.9 Å². The third kappa shape index (κ3) is 4.25. The molecule has 1 saturated heterocycles. The van der Waals surface area contributed by atoms with Gasteiger partial charge in [-0.05, 0) is 37.8 Å². The van der Waals surface area contributed by atoms with Crippen molar-refractivity contribution in [2.75, 3.05) is 19.7 Å². The number of aryl methyl sites for hydroxylation is 1. The lowest BCUT2D eigenvalue weighted by Crippen LogP contribution is -2.43. The zero-order valence-corrected chi connectivity index (χ0v) is 18.5. The number of hydrogen-bond acceptors (Lipinski definition) is 6. The van der Waals surface area contributed by atoms with Crippen molar-refractivity contribution in [3.05, 3.63) is 52.6 Å². The molecule has 0 atom stereocenters. The van der Waals surface area contributed by atoms with Crippen LogP contribution in [0.25, 0.3) is 20.7 Å². The van der Waals surface area contributed by atoms with Gasteiger partial charge in [0.25, 0.3) is 5.56 Å². The number of carbonyl (C=O) groups excluding carboxylic acids is 2. The molecule has 0 aliphatic carbocycles. The second-order valence-electron chi connectivity index (χ2n) is 7.69. The van der Waals surface area contributed by atoms with Crippen LogP contribution in [0.15, 0.2) is 41.5 Å². The third-order valence-corrected chi connectivity index (χ3v) is 6.98. The van der Waals surface area contributed by atoms with E-state index in [1.165, 1.54) is 22.2 Å². The van der Waals surface area contributed by atoms with E-state index in [4.69, 9.17) is 4.74 Å². The van der Waals surface area contributed by atoms with Crippen molar-refractivity contribution in [2.24, 2.45) is 5.92 Å². The van der Waals surface area contributed by atoms with Gasteiger partial charge in [-0.1, -0.05) is 30.3 Å². The van der Waals surface area contributed by atoms with E-state index >= 15 is 0 Å². The highest BCUT2D eigenvalue weighted by Gasteiger charge is 2.28. The van der Waals surface area contributed by atoms with E-state index in [9.17, 15) is 14.4 Å². The van der Waals surface area contributed by atoms with Crippen LogP contribution >= 0.6 is 11.3 Å². The minimum atomic E-state index is -0.198. The summed E-state index contributed by atoms with van der Waals surface area (Å²) in [6.07, 6.45) is 2.63. The van der Waals surface area contributed by atoms with Gasteiger partial charge in [-0.25, -0.2) is 4.98 Å². The van der Waals surface area contributed by atoms with Gasteiger partial charge in [0.1, 0.15) is 11.4 Å². The second-order valence-corrected chi connectivity index (χ2v) is 8.69. The molecule has 162 valence electrons. The molecule has 1 fully saturated rings. The summed E-state index contributed by atoms with van der Waals surface area (Å²) in [5, 5.41) is 0.570. The first-order valence-corrected chi connectivity index (χ1v) is 11.3. The molecular formula is C23H25N3O4S. The Labute approximate surface area is 184 Å². The SMILES string of the molecule is CCOC(=O)C1CCN(C(=O)Cn2cnc3sc(-c4ccccc4)c(C)c3c2=O)CC1. The van der Waals surface area contributed by atoms with Crippen molar-refractivity contribution >= 4 is 33.4 Å². The van der Waals surface area contributed by atoms with Crippen molar-refractivity contribution in [3.8, 4) is 10.4 Å². The van der Waals surface area contributed by atoms with E-state index in [0.717, 1.165) is 16.0 Å². The first kappa shape index (κ1) is 21.2. The largest absolute Gasteiger partial charge is 0.466 e. The Kier molecular flexibility index (Phi) is 6.18. The van der Waals surface area contributed by atoms with Crippen LogP contribution in [0.1, 0.15) is 25.3 Å². The van der Waals surface area contributed by atoms with E-state index < -0.39 is 0 Å². The average Bonchev–Trinajstić information content (AvgIpc) is 3.13. The minimum absolute atomic E-state index is 0.0538. The van der Waals surface area contributed by atoms with Crippen molar-refractivity contribution in [1.29, 1.82) is 0 Å². The van der Waals surface area contributed by atoms with Crippen molar-refractivity contribution in [3.63, 3.8) is 0 Å². The van der Waals surface area contributed by atoms with E-state index in [-0.39, 0.29) is 29.9 Å². The summed E-state index contributed by atoms with van der Waals surface area (Å²) in [5.74, 6) is -0.487. The second kappa shape index (κ2) is 9.01. The van der Waals surface area contributed by atoms with Gasteiger partial charge in [-0.15, -0.1) is 11.3 Å². The molecule has 0 spiro atoms. The molecule has 0 unspecified atom stereocenters. The highest BCUT2D eigenvalue weighted by atomic mass is 32.1. The van der Waals surface area contributed by atoms with Gasteiger partial charge in [-0.2, -0.15) is 0 Å². The molecule has 0 radical (unpaired) electrons. The molecule has 31 heavy (non-hydrogen) atoms. The van der Waals surface area contributed by atoms with Crippen molar-refractivity contribution in [2.45, 2.75) is 33.2 Å². The lowest BCUT2D eigenvalue weighted by atomic mass is 9.97. The molecule has 1 aliphatic rings. The van der Waals surface area contributed by atoms with Crippen LogP contribution in [-0.4, -0.2) is 46.0 Å². The predicted octanol–water partition coefficient (Wildman–Crippen LogP) is 3.24. The van der Waals surface area contributed by atoms with Gasteiger partial charge in [0.15, 0.2) is 0 Å². The monoisotopic (exact) mass is 439 g/mol. The van der Waals surface area contributed by atoms with E-state index in [2.05, 4.69) is 4.98 Å². The number of ether oxygens (including phenoxy) is 1. The van der Waals surface area contributed by atoms with Crippen LogP contribution in [0.5, 0.6) is 0 Å². The Morgan fingerprint density at radius 2 is 1.90 bits per heavy atom. The summed E-state index contributed by atoms with van der Waals surface area (Å²) in [6, 6.07) is 9.92. The Morgan fingerprint density at radius 1 is 1.19 bits per heavy atom. The van der Waals surface area contributed by atoms with Crippen LogP contribution in [0.2, 0.25) is 0 Å². The molecule has 1 aliphatic heterocycles. The fourth-order valence-corrected chi connectivity index (χ4v) is 5.15. The third-order valence-electron chi connectivity index (χ3n) is 5.73. The maximum Gasteiger partial charge on any atom is 0.309 e. The number of amides is 1. The number of likely N-dealkylation sites (tertiary alicyclic amines) is 1. The number of esters is 1. The number of fused-ring (bicyclic) bond motifs is 1. The molecule has 3 aromatic rings. The van der Waals surface area contributed by atoms with Crippen LogP contribution in [0, 0.1) is 12.8 Å². The molecule has 2 aromatic heterocycles. The Bertz CT molecular complexity index is 1160. The van der Waals surface area contributed by atoms with Gasteiger partial charge in [0.05, 0.1) is 24.2 Å². The predicted molar refractivity (Wildman–Crippen MR) is 120 cm³/mol. The first-order valence-electron chi connectivity index (χ1n) is 10.5. The molecule has 0 N–H and O–H groups in total. The molecular weight excluding hydrogens is 414 g/mol. The van der Waals surface area contributed by atoms with Crippen LogP contribution in [0.4, 0.5) is 0 Å². The molecule has 1 aromatic carbocycles. The highest BCUT2D eigenvalue weighted by Crippen LogP contribution is 2.35. The standard InChI is InChI=1S/C23H25N3O4S/c1-3-30-23(29)17-9-11-25(12-10-17)18(27)13-26-14-24-21-19(22(26)28)15(2)20(31-21)16-7-5-4-6-8-16/h4-8,14,17H,3,9-13H2,1-2H3. The number of carbonyl (C=O) groups is 2. The highest BCUT2D eigenvalue weighted by molar-refractivity contribution is 7.22. The topological polar surface area (TPSA) is 81.5 Å². The Hall–Kier alpha value is -3.00. The molecule has 8 heteroatoms. The summed E-state index contributed by atoms with van der Waals surface area (Å²) in [5.41, 5.74) is 1.74.